The summed E-state index contributed by atoms with van der Waals surface area (Å²) in [6, 6.07) is 46.8. The summed E-state index contributed by atoms with van der Waals surface area (Å²) in [7, 11) is 0. The number of hydrogen-bond donors (Lipinski definition) is 1. The zero-order valence-corrected chi connectivity index (χ0v) is 17.2. The minimum absolute atomic E-state index is 1.08. The average molecular weight is 398 g/mol. The van der Waals surface area contributed by atoms with Gasteiger partial charge in [-0.2, -0.15) is 0 Å². The minimum atomic E-state index is 1.08. The summed E-state index contributed by atoms with van der Waals surface area (Å²) in [4.78, 5) is 0. The van der Waals surface area contributed by atoms with Gasteiger partial charge >= 0.3 is 0 Å². The summed E-state index contributed by atoms with van der Waals surface area (Å²) in [6.45, 7) is 0. The quantitative estimate of drug-likeness (QED) is 0.314. The van der Waals surface area contributed by atoms with Gasteiger partial charge in [-0.15, -0.1) is 0 Å². The van der Waals surface area contributed by atoms with Crippen molar-refractivity contribution in [1.29, 1.82) is 0 Å². The second kappa shape index (κ2) is 8.73. The van der Waals surface area contributed by atoms with Gasteiger partial charge in [0.05, 0.1) is 0 Å². The average Bonchev–Trinajstić information content (AvgIpc) is 2.86. The zero-order chi connectivity index (χ0) is 20.9. The van der Waals surface area contributed by atoms with Crippen LogP contribution in [-0.2, 0) is 0 Å². The van der Waals surface area contributed by atoms with Crippen LogP contribution in [0.25, 0.3) is 33.4 Å². The molecule has 0 unspecified atom stereocenters. The molecule has 0 fully saturated rings. The lowest BCUT2D eigenvalue weighted by Gasteiger charge is -2.14. The molecule has 0 heterocycles. The Labute approximate surface area is 183 Å². The lowest BCUT2D eigenvalue weighted by atomic mass is 9.91. The van der Waals surface area contributed by atoms with E-state index in [4.69, 9.17) is 0 Å². The summed E-state index contributed by atoms with van der Waals surface area (Å²) < 4.78 is 0. The summed E-state index contributed by atoms with van der Waals surface area (Å²) >= 11 is 0. The van der Waals surface area contributed by atoms with Crippen molar-refractivity contribution in [3.63, 3.8) is 0 Å². The van der Waals surface area contributed by atoms with E-state index < -0.39 is 0 Å². The summed E-state index contributed by atoms with van der Waals surface area (Å²) in [5.41, 5.74) is 9.54. The first-order valence-electron chi connectivity index (χ1n) is 10.5. The molecule has 5 aromatic rings. The fourth-order valence-corrected chi connectivity index (χ4v) is 3.88. The Morgan fingerprint density at radius 3 is 1.42 bits per heavy atom. The van der Waals surface area contributed by atoms with Crippen molar-refractivity contribution in [1.82, 2.24) is 0 Å². The SMILES string of the molecule is c1ccc(Nc2ccc(-c3ccc(-c4ccccc4)c(-c4ccccc4)c3)cc2)cc1. The van der Waals surface area contributed by atoms with Crippen molar-refractivity contribution >= 4 is 11.4 Å². The van der Waals surface area contributed by atoms with Crippen molar-refractivity contribution in [2.24, 2.45) is 0 Å². The number of rotatable bonds is 5. The lowest BCUT2D eigenvalue weighted by molar-refractivity contribution is 1.53. The molecule has 0 aliphatic carbocycles. The second-order valence-corrected chi connectivity index (χ2v) is 7.56. The monoisotopic (exact) mass is 397 g/mol. The van der Waals surface area contributed by atoms with E-state index in [1.54, 1.807) is 0 Å². The highest BCUT2D eigenvalue weighted by atomic mass is 14.9. The van der Waals surface area contributed by atoms with E-state index in [1.165, 1.54) is 33.4 Å². The molecule has 1 heteroatoms. The smallest absolute Gasteiger partial charge is 0.0384 e. The molecule has 0 saturated heterocycles. The second-order valence-electron chi connectivity index (χ2n) is 7.56. The van der Waals surface area contributed by atoms with Gasteiger partial charge in [0, 0.05) is 11.4 Å². The van der Waals surface area contributed by atoms with Gasteiger partial charge in [-0.25, -0.2) is 0 Å². The maximum atomic E-state index is 3.45. The molecule has 1 nitrogen and oxygen atoms in total. The van der Waals surface area contributed by atoms with Gasteiger partial charge in [-0.05, 0) is 63.7 Å². The van der Waals surface area contributed by atoms with Gasteiger partial charge in [0.2, 0.25) is 0 Å². The largest absolute Gasteiger partial charge is 0.356 e. The Morgan fingerprint density at radius 2 is 0.806 bits per heavy atom. The minimum Gasteiger partial charge on any atom is -0.356 e. The van der Waals surface area contributed by atoms with Crippen LogP contribution in [0.2, 0.25) is 0 Å². The van der Waals surface area contributed by atoms with Gasteiger partial charge in [0.15, 0.2) is 0 Å². The van der Waals surface area contributed by atoms with Crippen LogP contribution in [0.4, 0.5) is 11.4 Å². The standard InChI is InChI=1S/C30H23N/c1-4-10-24(11-5-1)29-21-18-26(22-30(29)25-12-6-2-7-13-25)23-16-19-28(20-17-23)31-27-14-8-3-9-15-27/h1-22,31H. The van der Waals surface area contributed by atoms with Crippen molar-refractivity contribution in [3.05, 3.63) is 133 Å². The highest BCUT2D eigenvalue weighted by molar-refractivity contribution is 5.87. The third-order valence-corrected chi connectivity index (χ3v) is 5.47. The molecule has 0 bridgehead atoms. The Hall–Kier alpha value is -4.10. The van der Waals surface area contributed by atoms with Gasteiger partial charge in [0.1, 0.15) is 0 Å². The topological polar surface area (TPSA) is 12.0 Å². The van der Waals surface area contributed by atoms with Crippen LogP contribution in [0.15, 0.2) is 133 Å². The molecule has 0 amide bonds. The van der Waals surface area contributed by atoms with Crippen molar-refractivity contribution in [2.75, 3.05) is 5.32 Å². The van der Waals surface area contributed by atoms with Gasteiger partial charge in [0.25, 0.3) is 0 Å². The normalized spacial score (nSPS) is 10.6. The van der Waals surface area contributed by atoms with E-state index >= 15 is 0 Å². The fourth-order valence-electron chi connectivity index (χ4n) is 3.88. The van der Waals surface area contributed by atoms with Crippen LogP contribution in [0, 0.1) is 0 Å². The molecule has 0 aliphatic heterocycles. The Kier molecular flexibility index (Phi) is 5.32. The zero-order valence-electron chi connectivity index (χ0n) is 17.2. The third-order valence-electron chi connectivity index (χ3n) is 5.47. The number of para-hydroxylation sites is 1. The first-order valence-corrected chi connectivity index (χ1v) is 10.5. The molecular formula is C30H23N. The van der Waals surface area contributed by atoms with E-state index in [0.717, 1.165) is 11.4 Å². The molecule has 0 saturated carbocycles. The molecule has 148 valence electrons. The van der Waals surface area contributed by atoms with Crippen LogP contribution < -0.4 is 5.32 Å². The van der Waals surface area contributed by atoms with Gasteiger partial charge in [-0.1, -0.05) is 103 Å². The first-order chi connectivity index (χ1) is 15.4. The van der Waals surface area contributed by atoms with E-state index in [9.17, 15) is 0 Å². The number of hydrogen-bond acceptors (Lipinski definition) is 1. The van der Waals surface area contributed by atoms with Crippen LogP contribution in [0.5, 0.6) is 0 Å². The van der Waals surface area contributed by atoms with Crippen molar-refractivity contribution in [3.8, 4) is 33.4 Å². The number of benzene rings is 5. The molecule has 5 rings (SSSR count). The molecule has 0 aromatic heterocycles. The van der Waals surface area contributed by atoms with Gasteiger partial charge < -0.3 is 5.32 Å². The predicted octanol–water partition coefficient (Wildman–Crippen LogP) is 8.43. The van der Waals surface area contributed by atoms with Crippen LogP contribution in [0.3, 0.4) is 0 Å². The van der Waals surface area contributed by atoms with Gasteiger partial charge in [-0.3, -0.25) is 0 Å². The summed E-state index contributed by atoms with van der Waals surface area (Å²) in [5.74, 6) is 0. The summed E-state index contributed by atoms with van der Waals surface area (Å²) in [5, 5.41) is 3.45. The van der Waals surface area contributed by atoms with Crippen LogP contribution in [0.1, 0.15) is 0 Å². The Bertz CT molecular complexity index is 1260. The molecular weight excluding hydrogens is 374 g/mol. The van der Waals surface area contributed by atoms with E-state index in [2.05, 4.69) is 121 Å². The molecule has 0 atom stereocenters. The van der Waals surface area contributed by atoms with E-state index in [-0.39, 0.29) is 0 Å². The highest BCUT2D eigenvalue weighted by Crippen LogP contribution is 2.36. The molecule has 31 heavy (non-hydrogen) atoms. The highest BCUT2D eigenvalue weighted by Gasteiger charge is 2.10. The molecule has 1 N–H and O–H groups in total. The Balaban J connectivity index is 1.51. The molecule has 0 radical (unpaired) electrons. The third kappa shape index (κ3) is 4.26. The maximum Gasteiger partial charge on any atom is 0.0384 e. The van der Waals surface area contributed by atoms with E-state index in [1.807, 2.05) is 18.2 Å². The first kappa shape index (κ1) is 18.9. The molecule has 0 spiro atoms. The molecule has 5 aromatic carbocycles. The number of anilines is 2. The number of nitrogens with one attached hydrogen (secondary N) is 1. The fraction of sp³-hybridized carbons (Fsp3) is 0. The predicted molar refractivity (Wildman–Crippen MR) is 132 cm³/mol. The van der Waals surface area contributed by atoms with Crippen LogP contribution >= 0.6 is 0 Å². The molecule has 0 aliphatic rings. The van der Waals surface area contributed by atoms with E-state index in [0.29, 0.717) is 0 Å². The van der Waals surface area contributed by atoms with Crippen LogP contribution in [-0.4, -0.2) is 0 Å². The van der Waals surface area contributed by atoms with Crippen molar-refractivity contribution in [2.45, 2.75) is 0 Å². The van der Waals surface area contributed by atoms with Crippen molar-refractivity contribution < 1.29 is 0 Å². The Morgan fingerprint density at radius 1 is 0.323 bits per heavy atom. The lowest BCUT2D eigenvalue weighted by Crippen LogP contribution is -1.90. The maximum absolute atomic E-state index is 3.45. The summed E-state index contributed by atoms with van der Waals surface area (Å²) in [6.07, 6.45) is 0.